The Bertz CT molecular complexity index is 487. The Balaban J connectivity index is 0.00000161. The molecule has 0 saturated carbocycles. The summed E-state index contributed by atoms with van der Waals surface area (Å²) in [5, 5.41) is 3.48. The van der Waals surface area contributed by atoms with Gasteiger partial charge in [0.15, 0.2) is 11.5 Å². The summed E-state index contributed by atoms with van der Waals surface area (Å²) in [6.45, 7) is 7.80. The molecule has 1 aromatic carbocycles. The third-order valence-corrected chi connectivity index (χ3v) is 4.61. The third-order valence-electron chi connectivity index (χ3n) is 3.79. The van der Waals surface area contributed by atoms with Crippen LogP contribution in [0.3, 0.4) is 0 Å². The smallest absolute Gasteiger partial charge is 0.162 e. The molecule has 1 N–H and O–H groups in total. The van der Waals surface area contributed by atoms with Crippen molar-refractivity contribution in [2.45, 2.75) is 24.4 Å². The van der Waals surface area contributed by atoms with Gasteiger partial charge < -0.3 is 14.8 Å². The molecule has 0 radical (unpaired) electrons. The summed E-state index contributed by atoms with van der Waals surface area (Å²) in [5.74, 6) is 1.78. The third kappa shape index (κ3) is 3.97. The van der Waals surface area contributed by atoms with Gasteiger partial charge in [0.05, 0.1) is 0 Å². The molecule has 0 aliphatic carbocycles. The molecular weight excluding hydrogens is 308 g/mol. The first-order valence-electron chi connectivity index (χ1n) is 7.18. The van der Waals surface area contributed by atoms with Crippen LogP contribution in [0, 0.1) is 0 Å². The van der Waals surface area contributed by atoms with Gasteiger partial charge in [0.1, 0.15) is 13.2 Å². The molecule has 4 nitrogen and oxygen atoms in total. The zero-order valence-corrected chi connectivity index (χ0v) is 14.2. The van der Waals surface area contributed by atoms with Crippen molar-refractivity contribution >= 4 is 24.2 Å². The van der Waals surface area contributed by atoms with Gasteiger partial charge in [-0.3, -0.25) is 4.90 Å². The van der Waals surface area contributed by atoms with Crippen LogP contribution in [0.5, 0.6) is 11.5 Å². The van der Waals surface area contributed by atoms with E-state index >= 15 is 0 Å². The van der Waals surface area contributed by atoms with Crippen molar-refractivity contribution < 1.29 is 9.47 Å². The Morgan fingerprint density at radius 3 is 2.67 bits per heavy atom. The number of fused-ring (bicyclic) bond motifs is 1. The van der Waals surface area contributed by atoms with E-state index in [1.807, 2.05) is 0 Å². The lowest BCUT2D eigenvalue weighted by molar-refractivity contribution is 0.169. The molecule has 1 saturated heterocycles. The van der Waals surface area contributed by atoms with Crippen LogP contribution in [0.2, 0.25) is 0 Å². The molecule has 0 aromatic heterocycles. The van der Waals surface area contributed by atoms with Crippen LogP contribution in [0.4, 0.5) is 0 Å². The van der Waals surface area contributed by atoms with Crippen LogP contribution in [-0.2, 0) is 6.54 Å². The number of nitrogens with zero attached hydrogens (tertiary/aromatic N) is 1. The van der Waals surface area contributed by atoms with Gasteiger partial charge in [-0.15, -0.1) is 24.2 Å². The maximum Gasteiger partial charge on any atom is 0.162 e. The maximum atomic E-state index is 5.71. The first kappa shape index (κ1) is 16.7. The second kappa shape index (κ2) is 7.58. The van der Waals surface area contributed by atoms with E-state index in [-0.39, 0.29) is 12.4 Å². The molecule has 1 fully saturated rings. The summed E-state index contributed by atoms with van der Waals surface area (Å²) in [7, 11) is 0. The molecule has 1 atom stereocenters. The van der Waals surface area contributed by atoms with E-state index in [2.05, 4.69) is 35.5 Å². The Hall–Kier alpha value is -0.620. The summed E-state index contributed by atoms with van der Waals surface area (Å²) in [6.07, 6.45) is 2.12. The summed E-state index contributed by atoms with van der Waals surface area (Å²) in [6, 6.07) is 4.85. The molecule has 2 heterocycles. The van der Waals surface area contributed by atoms with Gasteiger partial charge in [0, 0.05) is 37.1 Å². The summed E-state index contributed by atoms with van der Waals surface area (Å²) < 4.78 is 11.4. The van der Waals surface area contributed by atoms with E-state index in [0.717, 1.165) is 37.7 Å². The fourth-order valence-corrected chi connectivity index (χ4v) is 3.43. The van der Waals surface area contributed by atoms with E-state index in [1.165, 1.54) is 10.5 Å². The maximum absolute atomic E-state index is 5.71. The number of nitrogens with one attached hydrogen (secondary N) is 1. The van der Waals surface area contributed by atoms with Gasteiger partial charge in [0.2, 0.25) is 0 Å². The number of ether oxygens (including phenoxy) is 2. The number of hydrogen-bond donors (Lipinski definition) is 1. The highest BCUT2D eigenvalue weighted by Gasteiger charge is 2.20. The molecule has 6 heteroatoms. The zero-order chi connectivity index (χ0) is 13.9. The minimum absolute atomic E-state index is 0. The topological polar surface area (TPSA) is 33.7 Å². The van der Waals surface area contributed by atoms with Crippen molar-refractivity contribution in [2.24, 2.45) is 0 Å². The average molecular weight is 331 g/mol. The lowest BCUT2D eigenvalue weighted by atomic mass is 10.1. The molecule has 2 aliphatic rings. The van der Waals surface area contributed by atoms with Gasteiger partial charge in [0.25, 0.3) is 0 Å². The first-order chi connectivity index (χ1) is 9.76. The molecule has 21 heavy (non-hydrogen) atoms. The molecule has 1 aromatic rings. The van der Waals surface area contributed by atoms with Gasteiger partial charge in [-0.25, -0.2) is 0 Å². The predicted molar refractivity (Wildman–Crippen MR) is 89.2 cm³/mol. The highest BCUT2D eigenvalue weighted by Crippen LogP contribution is 2.37. The number of thioether (sulfide) groups is 1. The van der Waals surface area contributed by atoms with Crippen LogP contribution in [0.1, 0.15) is 12.5 Å². The SMILES string of the molecule is CSc1cc2c(cc1CN1CCN[C@@H](C)C1)OCCO2.Cl. The quantitative estimate of drug-likeness (QED) is 0.861. The summed E-state index contributed by atoms with van der Waals surface area (Å²) in [4.78, 5) is 3.80. The molecule has 0 unspecified atom stereocenters. The molecule has 0 bridgehead atoms. The highest BCUT2D eigenvalue weighted by atomic mass is 35.5. The van der Waals surface area contributed by atoms with Gasteiger partial charge in [-0.05, 0) is 30.9 Å². The van der Waals surface area contributed by atoms with E-state index in [1.54, 1.807) is 11.8 Å². The average Bonchev–Trinajstić information content (AvgIpc) is 2.46. The zero-order valence-electron chi connectivity index (χ0n) is 12.6. The highest BCUT2D eigenvalue weighted by molar-refractivity contribution is 7.98. The van der Waals surface area contributed by atoms with Crippen molar-refractivity contribution in [3.05, 3.63) is 17.7 Å². The molecule has 2 aliphatic heterocycles. The number of piperazine rings is 1. The number of hydrogen-bond acceptors (Lipinski definition) is 5. The monoisotopic (exact) mass is 330 g/mol. The Labute approximate surface area is 137 Å². The van der Waals surface area contributed by atoms with Crippen LogP contribution in [0.25, 0.3) is 0 Å². The second-order valence-corrected chi connectivity index (χ2v) is 6.25. The minimum Gasteiger partial charge on any atom is -0.486 e. The number of halogens is 1. The fourth-order valence-electron chi connectivity index (χ4n) is 2.82. The molecular formula is C15H23ClN2O2S. The van der Waals surface area contributed by atoms with Crippen LogP contribution >= 0.6 is 24.2 Å². The van der Waals surface area contributed by atoms with E-state index in [4.69, 9.17) is 9.47 Å². The molecule has 0 amide bonds. The predicted octanol–water partition coefficient (Wildman–Crippen LogP) is 2.40. The van der Waals surface area contributed by atoms with Crippen LogP contribution in [-0.4, -0.2) is 50.0 Å². The molecule has 118 valence electrons. The van der Waals surface area contributed by atoms with Crippen LogP contribution in [0.15, 0.2) is 17.0 Å². The lowest BCUT2D eigenvalue weighted by Crippen LogP contribution is -2.48. The van der Waals surface area contributed by atoms with E-state index in [0.29, 0.717) is 19.3 Å². The summed E-state index contributed by atoms with van der Waals surface area (Å²) in [5.41, 5.74) is 1.34. The van der Waals surface area contributed by atoms with Crippen molar-refractivity contribution in [2.75, 3.05) is 39.1 Å². The molecule has 3 rings (SSSR count). The fraction of sp³-hybridized carbons (Fsp3) is 0.600. The number of benzene rings is 1. The Kier molecular flexibility index (Phi) is 6.05. The normalized spacial score (nSPS) is 21.7. The van der Waals surface area contributed by atoms with Crippen molar-refractivity contribution in [1.29, 1.82) is 0 Å². The summed E-state index contributed by atoms with van der Waals surface area (Å²) >= 11 is 1.78. The second-order valence-electron chi connectivity index (χ2n) is 5.40. The Morgan fingerprint density at radius 1 is 1.29 bits per heavy atom. The lowest BCUT2D eigenvalue weighted by Gasteiger charge is -2.32. The first-order valence-corrected chi connectivity index (χ1v) is 8.41. The van der Waals surface area contributed by atoms with Gasteiger partial charge in [-0.1, -0.05) is 0 Å². The van der Waals surface area contributed by atoms with E-state index in [9.17, 15) is 0 Å². The van der Waals surface area contributed by atoms with Crippen LogP contribution < -0.4 is 14.8 Å². The van der Waals surface area contributed by atoms with Crippen molar-refractivity contribution in [1.82, 2.24) is 10.2 Å². The molecule has 0 spiro atoms. The standard InChI is InChI=1S/C15H22N2O2S.ClH/c1-11-9-17(4-3-16-11)10-12-7-13-14(8-15(12)20-2)19-6-5-18-13;/h7-8,11,16H,3-6,9-10H2,1-2H3;1H/t11-;/m0./s1. The Morgan fingerprint density at radius 2 is 2.00 bits per heavy atom. The minimum atomic E-state index is 0. The largest absolute Gasteiger partial charge is 0.486 e. The van der Waals surface area contributed by atoms with Crippen molar-refractivity contribution in [3.63, 3.8) is 0 Å². The van der Waals surface area contributed by atoms with E-state index < -0.39 is 0 Å². The van der Waals surface area contributed by atoms with Crippen molar-refractivity contribution in [3.8, 4) is 11.5 Å². The van der Waals surface area contributed by atoms with Gasteiger partial charge >= 0.3 is 0 Å². The van der Waals surface area contributed by atoms with Gasteiger partial charge in [-0.2, -0.15) is 0 Å². The number of rotatable bonds is 3.